The third kappa shape index (κ3) is 4.32. The molecule has 3 atom stereocenters. The molecule has 0 saturated carbocycles. The van der Waals surface area contributed by atoms with Crippen LogP contribution in [0.15, 0.2) is 115 Å². The molecule has 0 bridgehead atoms. The number of nitrogens with zero attached hydrogens (tertiary/aromatic N) is 1. The van der Waals surface area contributed by atoms with E-state index in [4.69, 9.17) is 0 Å². The number of para-hydroxylation sites is 1. The number of anilines is 1. The number of hydrogen-bond donors (Lipinski definition) is 1. The molecule has 0 spiro atoms. The van der Waals surface area contributed by atoms with Crippen LogP contribution in [-0.4, -0.2) is 11.7 Å². The highest BCUT2D eigenvalue weighted by Crippen LogP contribution is 2.45. The molecule has 2 nitrogen and oxygen atoms in total. The highest BCUT2D eigenvalue weighted by Gasteiger charge is 2.39. The molecule has 5 rings (SSSR count). The molecule has 1 heterocycles. The maximum absolute atomic E-state index is 10.7. The van der Waals surface area contributed by atoms with Crippen LogP contribution in [0.4, 0.5) is 5.69 Å². The number of aliphatic hydroxyl groups is 1. The van der Waals surface area contributed by atoms with Crippen LogP contribution >= 0.6 is 0 Å². The summed E-state index contributed by atoms with van der Waals surface area (Å²) < 4.78 is 0. The van der Waals surface area contributed by atoms with Gasteiger partial charge in [-0.2, -0.15) is 0 Å². The zero-order valence-corrected chi connectivity index (χ0v) is 18.2. The van der Waals surface area contributed by atoms with Gasteiger partial charge in [-0.1, -0.05) is 103 Å². The van der Waals surface area contributed by atoms with Crippen molar-refractivity contribution in [1.29, 1.82) is 0 Å². The van der Waals surface area contributed by atoms with E-state index < -0.39 is 6.10 Å². The molecule has 0 amide bonds. The van der Waals surface area contributed by atoms with E-state index in [1.54, 1.807) is 0 Å². The summed E-state index contributed by atoms with van der Waals surface area (Å²) in [6, 6.07) is 40.6. The Morgan fingerprint density at radius 3 is 1.91 bits per heavy atom. The molecule has 0 aliphatic carbocycles. The Kier molecular flexibility index (Phi) is 6.04. The van der Waals surface area contributed by atoms with Crippen molar-refractivity contribution in [3.63, 3.8) is 0 Å². The van der Waals surface area contributed by atoms with Gasteiger partial charge in [0, 0.05) is 18.2 Å². The van der Waals surface area contributed by atoms with Crippen LogP contribution in [0.5, 0.6) is 0 Å². The van der Waals surface area contributed by atoms with Crippen molar-refractivity contribution >= 4 is 5.69 Å². The maximum atomic E-state index is 10.7. The molecule has 0 radical (unpaired) electrons. The fourth-order valence-corrected chi connectivity index (χ4v) is 4.89. The van der Waals surface area contributed by atoms with Gasteiger partial charge in [-0.25, -0.2) is 0 Å². The third-order valence-corrected chi connectivity index (χ3v) is 6.66. The normalized spacial score (nSPS) is 18.7. The Morgan fingerprint density at radius 1 is 0.688 bits per heavy atom. The highest BCUT2D eigenvalue weighted by atomic mass is 16.3. The molecule has 32 heavy (non-hydrogen) atoms. The van der Waals surface area contributed by atoms with E-state index in [9.17, 15) is 5.11 Å². The van der Waals surface area contributed by atoms with Crippen LogP contribution in [0.1, 0.15) is 36.1 Å². The van der Waals surface area contributed by atoms with Crippen molar-refractivity contribution in [2.75, 3.05) is 11.4 Å². The summed E-state index contributed by atoms with van der Waals surface area (Å²) in [6.45, 7) is 1.02. The minimum absolute atomic E-state index is 0.338. The van der Waals surface area contributed by atoms with Gasteiger partial charge in [0.1, 0.15) is 0 Å². The second-order valence-corrected chi connectivity index (χ2v) is 8.68. The van der Waals surface area contributed by atoms with Crippen LogP contribution in [0.2, 0.25) is 0 Å². The van der Waals surface area contributed by atoms with Crippen LogP contribution < -0.4 is 4.90 Å². The molecule has 1 saturated heterocycles. The Hall–Kier alpha value is -3.36. The van der Waals surface area contributed by atoms with E-state index >= 15 is 0 Å². The summed E-state index contributed by atoms with van der Waals surface area (Å²) in [7, 11) is 0. The lowest BCUT2D eigenvalue weighted by Crippen LogP contribution is -2.50. The quantitative estimate of drug-likeness (QED) is 0.347. The predicted octanol–water partition coefficient (Wildman–Crippen LogP) is 7.04. The standard InChI is InChI=1S/C30H29NO/c32-29(25-12-6-2-7-13-25)21-20-27-22-31(28-14-8-3-9-15-28)30(27)26-18-16-24(17-19-26)23-10-4-1-5-11-23/h1-19,27,29-30,32H,20-22H2. The summed E-state index contributed by atoms with van der Waals surface area (Å²) >= 11 is 0. The molecular weight excluding hydrogens is 390 g/mol. The molecule has 1 aliphatic rings. The van der Waals surface area contributed by atoms with Crippen LogP contribution in [0.3, 0.4) is 0 Å². The lowest BCUT2D eigenvalue weighted by molar-refractivity contribution is 0.144. The van der Waals surface area contributed by atoms with Gasteiger partial charge in [0.15, 0.2) is 0 Å². The third-order valence-electron chi connectivity index (χ3n) is 6.66. The van der Waals surface area contributed by atoms with E-state index in [1.807, 2.05) is 30.3 Å². The molecule has 3 unspecified atom stereocenters. The average Bonchev–Trinajstić information content (AvgIpc) is 2.85. The second kappa shape index (κ2) is 9.42. The number of aliphatic hydroxyl groups excluding tert-OH is 1. The molecule has 4 aromatic rings. The topological polar surface area (TPSA) is 23.5 Å². The Balaban J connectivity index is 1.35. The van der Waals surface area contributed by atoms with Gasteiger partial charge < -0.3 is 10.0 Å². The van der Waals surface area contributed by atoms with Gasteiger partial charge in [-0.3, -0.25) is 0 Å². The average molecular weight is 420 g/mol. The molecule has 2 heteroatoms. The molecule has 4 aromatic carbocycles. The van der Waals surface area contributed by atoms with E-state index in [0.29, 0.717) is 12.0 Å². The number of hydrogen-bond acceptors (Lipinski definition) is 2. The van der Waals surface area contributed by atoms with Crippen LogP contribution in [0.25, 0.3) is 11.1 Å². The SMILES string of the molecule is OC(CCC1CN(c2ccccc2)C1c1ccc(-c2ccccc2)cc1)c1ccccc1. The summed E-state index contributed by atoms with van der Waals surface area (Å²) in [5.74, 6) is 0.524. The predicted molar refractivity (Wildman–Crippen MR) is 133 cm³/mol. The van der Waals surface area contributed by atoms with E-state index in [2.05, 4.69) is 89.8 Å². The molecule has 1 fully saturated rings. The van der Waals surface area contributed by atoms with Crippen molar-refractivity contribution in [3.05, 3.63) is 126 Å². The smallest absolute Gasteiger partial charge is 0.0790 e. The van der Waals surface area contributed by atoms with Crippen LogP contribution in [-0.2, 0) is 0 Å². The lowest BCUT2D eigenvalue weighted by Gasteiger charge is -2.50. The van der Waals surface area contributed by atoms with Crippen molar-refractivity contribution in [2.24, 2.45) is 5.92 Å². The maximum Gasteiger partial charge on any atom is 0.0790 e. The van der Waals surface area contributed by atoms with E-state index in [1.165, 1.54) is 22.4 Å². The molecule has 0 aromatic heterocycles. The largest absolute Gasteiger partial charge is 0.388 e. The van der Waals surface area contributed by atoms with Crippen LogP contribution in [0, 0.1) is 5.92 Å². The van der Waals surface area contributed by atoms with Crippen molar-refractivity contribution in [3.8, 4) is 11.1 Å². The number of rotatable bonds is 7. The first-order chi connectivity index (χ1) is 15.8. The molecule has 1 aliphatic heterocycles. The van der Waals surface area contributed by atoms with Gasteiger partial charge in [0.25, 0.3) is 0 Å². The molecule has 160 valence electrons. The first-order valence-corrected chi connectivity index (χ1v) is 11.5. The Bertz CT molecular complexity index is 1110. The summed E-state index contributed by atoms with van der Waals surface area (Å²) in [5.41, 5.74) is 6.12. The minimum atomic E-state index is -0.400. The summed E-state index contributed by atoms with van der Waals surface area (Å²) in [6.07, 6.45) is 1.39. The summed E-state index contributed by atoms with van der Waals surface area (Å²) in [4.78, 5) is 2.50. The number of benzene rings is 4. The zero-order chi connectivity index (χ0) is 21.8. The minimum Gasteiger partial charge on any atom is -0.388 e. The van der Waals surface area contributed by atoms with Gasteiger partial charge in [0.05, 0.1) is 12.1 Å². The Morgan fingerprint density at radius 2 is 1.25 bits per heavy atom. The van der Waals surface area contributed by atoms with Crippen molar-refractivity contribution in [2.45, 2.75) is 25.0 Å². The fraction of sp³-hybridized carbons (Fsp3) is 0.200. The fourth-order valence-electron chi connectivity index (χ4n) is 4.89. The summed E-state index contributed by atoms with van der Waals surface area (Å²) in [5, 5.41) is 10.7. The molecular formula is C30H29NO. The molecule has 1 N–H and O–H groups in total. The highest BCUT2D eigenvalue weighted by molar-refractivity contribution is 5.64. The zero-order valence-electron chi connectivity index (χ0n) is 18.2. The lowest BCUT2D eigenvalue weighted by atomic mass is 9.79. The van der Waals surface area contributed by atoms with Gasteiger partial charge >= 0.3 is 0 Å². The second-order valence-electron chi connectivity index (χ2n) is 8.68. The van der Waals surface area contributed by atoms with E-state index in [-0.39, 0.29) is 0 Å². The first kappa shape index (κ1) is 20.5. The van der Waals surface area contributed by atoms with Gasteiger partial charge in [0.2, 0.25) is 0 Å². The Labute approximate surface area is 190 Å². The van der Waals surface area contributed by atoms with Crippen molar-refractivity contribution < 1.29 is 5.11 Å². The van der Waals surface area contributed by atoms with Gasteiger partial charge in [-0.15, -0.1) is 0 Å². The van der Waals surface area contributed by atoms with Gasteiger partial charge in [-0.05, 0) is 47.2 Å². The van der Waals surface area contributed by atoms with E-state index in [0.717, 1.165) is 24.9 Å². The van der Waals surface area contributed by atoms with Crippen molar-refractivity contribution in [1.82, 2.24) is 0 Å². The first-order valence-electron chi connectivity index (χ1n) is 11.5. The monoisotopic (exact) mass is 419 g/mol.